The minimum atomic E-state index is -0.166. The Bertz CT molecular complexity index is 730. The second-order valence-corrected chi connectivity index (χ2v) is 6.86. The molecule has 0 aromatic heterocycles. The van der Waals surface area contributed by atoms with Crippen molar-refractivity contribution in [3.05, 3.63) is 64.1 Å². The molecular weight excluding hydrogens is 371 g/mol. The summed E-state index contributed by atoms with van der Waals surface area (Å²) in [6, 6.07) is 15.1. The summed E-state index contributed by atoms with van der Waals surface area (Å²) >= 11 is 12.0. The van der Waals surface area contributed by atoms with Gasteiger partial charge in [0.05, 0.1) is 0 Å². The number of carbonyl (C=O) groups excluding carboxylic acids is 2. The molecule has 2 aromatic carbocycles. The van der Waals surface area contributed by atoms with Crippen molar-refractivity contribution < 1.29 is 9.59 Å². The summed E-state index contributed by atoms with van der Waals surface area (Å²) in [5.41, 5.74) is 1.84. The molecule has 1 N–H and O–H groups in total. The molecule has 0 radical (unpaired) electrons. The maximum absolute atomic E-state index is 12.0. The first-order valence-corrected chi connectivity index (χ1v) is 9.26. The van der Waals surface area contributed by atoms with Crippen LogP contribution in [0, 0.1) is 0 Å². The van der Waals surface area contributed by atoms with Gasteiger partial charge in [-0.3, -0.25) is 9.59 Å². The third kappa shape index (κ3) is 6.70. The average molecular weight is 393 g/mol. The Balaban J connectivity index is 1.79. The van der Waals surface area contributed by atoms with E-state index in [2.05, 4.69) is 17.4 Å². The first-order chi connectivity index (χ1) is 12.5. The van der Waals surface area contributed by atoms with Crippen LogP contribution in [0.5, 0.6) is 0 Å². The summed E-state index contributed by atoms with van der Waals surface area (Å²) in [5.74, 6) is -0.252. The molecule has 0 spiro atoms. The molecule has 0 saturated heterocycles. The molecule has 2 aromatic rings. The number of rotatable bonds is 8. The summed E-state index contributed by atoms with van der Waals surface area (Å²) in [4.78, 5) is 25.5. The van der Waals surface area contributed by atoms with Gasteiger partial charge in [-0.05, 0) is 36.6 Å². The molecule has 0 bridgehead atoms. The summed E-state index contributed by atoms with van der Waals surface area (Å²) < 4.78 is 0. The number of nitrogens with zero attached hydrogens (tertiary/aromatic N) is 1. The molecule has 2 rings (SSSR count). The second-order valence-electron chi connectivity index (χ2n) is 5.99. The molecule has 0 aliphatic carbocycles. The van der Waals surface area contributed by atoms with Crippen LogP contribution in [0.15, 0.2) is 48.5 Å². The largest absolute Gasteiger partial charge is 0.356 e. The Morgan fingerprint density at radius 1 is 1.04 bits per heavy atom. The molecule has 0 saturated carbocycles. The smallest absolute Gasteiger partial charge is 0.223 e. The molecule has 4 nitrogen and oxygen atoms in total. The predicted molar refractivity (Wildman–Crippen MR) is 107 cm³/mol. The molecule has 0 atom stereocenters. The van der Waals surface area contributed by atoms with Gasteiger partial charge in [0.1, 0.15) is 0 Å². The third-order valence-electron chi connectivity index (χ3n) is 3.91. The third-order valence-corrected chi connectivity index (χ3v) is 4.35. The average Bonchev–Trinajstić information content (AvgIpc) is 2.59. The first kappa shape index (κ1) is 20.3. The van der Waals surface area contributed by atoms with Crippen molar-refractivity contribution in [2.75, 3.05) is 18.0 Å². The lowest BCUT2D eigenvalue weighted by Crippen LogP contribution is -2.34. The number of carbonyl (C=O) groups is 2. The van der Waals surface area contributed by atoms with E-state index in [0.29, 0.717) is 22.3 Å². The number of aryl methyl sites for hydroxylation is 1. The standard InChI is InChI=1S/C20H22Cl2N2O2/c1-15(25)24(19-13-17(21)12-18(22)14-19)11-9-20(26)23-10-5-8-16-6-3-2-4-7-16/h2-4,6-7,12-14H,5,8-11H2,1H3,(H,23,26). The Hall–Kier alpha value is -2.04. The van der Waals surface area contributed by atoms with Crippen LogP contribution in [0.25, 0.3) is 0 Å². The second kappa shape index (κ2) is 10.2. The highest BCUT2D eigenvalue weighted by molar-refractivity contribution is 6.35. The van der Waals surface area contributed by atoms with Crippen LogP contribution < -0.4 is 10.2 Å². The highest BCUT2D eigenvalue weighted by Gasteiger charge is 2.14. The number of benzene rings is 2. The zero-order valence-electron chi connectivity index (χ0n) is 14.7. The van der Waals surface area contributed by atoms with Crippen LogP contribution in [-0.2, 0) is 16.0 Å². The van der Waals surface area contributed by atoms with E-state index >= 15 is 0 Å². The van der Waals surface area contributed by atoms with Crippen molar-refractivity contribution in [2.24, 2.45) is 0 Å². The van der Waals surface area contributed by atoms with Crippen molar-refractivity contribution in [2.45, 2.75) is 26.2 Å². The normalized spacial score (nSPS) is 10.4. The number of hydrogen-bond acceptors (Lipinski definition) is 2. The fourth-order valence-electron chi connectivity index (χ4n) is 2.63. The van der Waals surface area contributed by atoms with Gasteiger partial charge < -0.3 is 10.2 Å². The van der Waals surface area contributed by atoms with Gasteiger partial charge in [-0.15, -0.1) is 0 Å². The van der Waals surface area contributed by atoms with Gasteiger partial charge in [0, 0.05) is 42.2 Å². The molecule has 26 heavy (non-hydrogen) atoms. The van der Waals surface area contributed by atoms with E-state index in [1.165, 1.54) is 17.4 Å². The number of hydrogen-bond donors (Lipinski definition) is 1. The van der Waals surface area contributed by atoms with Crippen molar-refractivity contribution in [1.29, 1.82) is 0 Å². The van der Waals surface area contributed by atoms with Crippen LogP contribution in [-0.4, -0.2) is 24.9 Å². The van der Waals surface area contributed by atoms with Crippen LogP contribution >= 0.6 is 23.2 Å². The van der Waals surface area contributed by atoms with Gasteiger partial charge in [-0.25, -0.2) is 0 Å². The lowest BCUT2D eigenvalue weighted by molar-refractivity contribution is -0.121. The van der Waals surface area contributed by atoms with Crippen molar-refractivity contribution in [1.82, 2.24) is 5.32 Å². The summed E-state index contributed by atoms with van der Waals surface area (Å²) in [6.45, 7) is 2.33. The highest BCUT2D eigenvalue weighted by atomic mass is 35.5. The van der Waals surface area contributed by atoms with Crippen LogP contribution in [0.2, 0.25) is 10.0 Å². The fourth-order valence-corrected chi connectivity index (χ4v) is 3.14. The molecule has 0 aliphatic rings. The topological polar surface area (TPSA) is 49.4 Å². The number of nitrogens with one attached hydrogen (secondary N) is 1. The van der Waals surface area contributed by atoms with Crippen molar-refractivity contribution in [3.63, 3.8) is 0 Å². The van der Waals surface area contributed by atoms with Gasteiger partial charge >= 0.3 is 0 Å². The minimum absolute atomic E-state index is 0.0857. The molecular formula is C20H22Cl2N2O2. The lowest BCUT2D eigenvalue weighted by Gasteiger charge is -2.21. The maximum Gasteiger partial charge on any atom is 0.223 e. The zero-order valence-corrected chi connectivity index (χ0v) is 16.2. The first-order valence-electron chi connectivity index (χ1n) is 8.50. The van der Waals surface area contributed by atoms with Gasteiger partial charge in [-0.1, -0.05) is 53.5 Å². The molecule has 0 unspecified atom stereocenters. The molecule has 0 heterocycles. The molecule has 6 heteroatoms. The molecule has 2 amide bonds. The Morgan fingerprint density at radius 3 is 2.31 bits per heavy atom. The summed E-state index contributed by atoms with van der Waals surface area (Å²) in [7, 11) is 0. The van der Waals surface area contributed by atoms with E-state index in [9.17, 15) is 9.59 Å². The van der Waals surface area contributed by atoms with Crippen molar-refractivity contribution >= 4 is 40.7 Å². The summed E-state index contributed by atoms with van der Waals surface area (Å²) in [5, 5.41) is 3.79. The summed E-state index contributed by atoms with van der Waals surface area (Å²) in [6.07, 6.45) is 2.01. The Morgan fingerprint density at radius 2 is 1.69 bits per heavy atom. The number of anilines is 1. The van der Waals surface area contributed by atoms with Gasteiger partial charge in [-0.2, -0.15) is 0 Å². The van der Waals surface area contributed by atoms with Gasteiger partial charge in [0.2, 0.25) is 11.8 Å². The van der Waals surface area contributed by atoms with E-state index in [-0.39, 0.29) is 24.8 Å². The lowest BCUT2D eigenvalue weighted by atomic mass is 10.1. The van der Waals surface area contributed by atoms with Crippen LogP contribution in [0.1, 0.15) is 25.3 Å². The zero-order chi connectivity index (χ0) is 18.9. The monoisotopic (exact) mass is 392 g/mol. The van der Waals surface area contributed by atoms with Gasteiger partial charge in [0.15, 0.2) is 0 Å². The molecule has 0 aliphatic heterocycles. The molecule has 0 fully saturated rings. The van der Waals surface area contributed by atoms with E-state index in [1.807, 2.05) is 18.2 Å². The van der Waals surface area contributed by atoms with E-state index in [4.69, 9.17) is 23.2 Å². The highest BCUT2D eigenvalue weighted by Crippen LogP contribution is 2.25. The predicted octanol–water partition coefficient (Wildman–Crippen LogP) is 4.49. The van der Waals surface area contributed by atoms with Crippen molar-refractivity contribution in [3.8, 4) is 0 Å². The van der Waals surface area contributed by atoms with Gasteiger partial charge in [0.25, 0.3) is 0 Å². The van der Waals surface area contributed by atoms with Crippen LogP contribution in [0.4, 0.5) is 5.69 Å². The fraction of sp³-hybridized carbons (Fsp3) is 0.300. The maximum atomic E-state index is 12.0. The number of halogens is 2. The number of amides is 2. The van der Waals surface area contributed by atoms with Crippen LogP contribution in [0.3, 0.4) is 0 Å². The van der Waals surface area contributed by atoms with E-state index < -0.39 is 0 Å². The SMILES string of the molecule is CC(=O)N(CCC(=O)NCCCc1ccccc1)c1cc(Cl)cc(Cl)c1. The Kier molecular flexibility index (Phi) is 7.95. The minimum Gasteiger partial charge on any atom is -0.356 e. The van der Waals surface area contributed by atoms with E-state index in [1.54, 1.807) is 18.2 Å². The quantitative estimate of drug-likeness (QED) is 0.672. The Labute approximate surface area is 164 Å². The van der Waals surface area contributed by atoms with E-state index in [0.717, 1.165) is 12.8 Å². The molecule has 138 valence electrons.